The maximum absolute atomic E-state index is 15.6. The van der Waals surface area contributed by atoms with Crippen LogP contribution in [-0.2, 0) is 80.8 Å². The largest absolute Gasteiger partial charge is 0.511 e. The molecule has 6 aliphatic heterocycles. The molecule has 2 bridgehead atoms. The average molecular weight is 1310 g/mol. The SMILES string of the molecule is COC(=O)NC1C(C)OC(OC2C/C=C(\C)C3C=CC4C(OC5CC(OC6CCC(OC7CC(O)C(OC8CCC(O)C(C)O8)C(C)O7)C(C)O6)C(C(=O)OC)C(C)O5)C(C)CC(C)C4C3(C)/C(O)=C3\C(=O)OC4(CC(C=O)=CC(O)C4/C=C/2C)C3=O)CC1(C)[N+](=O)[O-]. The number of esters is 2. The van der Waals surface area contributed by atoms with Gasteiger partial charge in [0, 0.05) is 61.2 Å². The lowest BCUT2D eigenvalue weighted by Gasteiger charge is -2.56. The average Bonchev–Trinajstić information content (AvgIpc) is 1.68. The number of nitrogens with zero attached hydrogens (tertiary/aromatic N) is 1. The molecule has 1 spiro atoms. The second-order valence-corrected chi connectivity index (χ2v) is 28.2. The van der Waals surface area contributed by atoms with Crippen LogP contribution in [0.3, 0.4) is 0 Å². The van der Waals surface area contributed by atoms with Crippen molar-refractivity contribution in [1.82, 2.24) is 5.32 Å². The van der Waals surface area contributed by atoms with Crippen LogP contribution in [-0.4, -0.2) is 198 Å². The van der Waals surface area contributed by atoms with Crippen LogP contribution in [0.1, 0.15) is 140 Å². The van der Waals surface area contributed by atoms with E-state index in [-0.39, 0.29) is 43.1 Å². The number of hydrogen-bond donors (Lipinski definition) is 5. The van der Waals surface area contributed by atoms with E-state index < -0.39 is 209 Å². The van der Waals surface area contributed by atoms with Crippen molar-refractivity contribution in [2.24, 2.45) is 46.8 Å². The van der Waals surface area contributed by atoms with E-state index in [1.807, 2.05) is 32.9 Å². The zero-order valence-electron chi connectivity index (χ0n) is 55.4. The van der Waals surface area contributed by atoms with Crippen LogP contribution in [0.25, 0.3) is 0 Å². The number of ketones is 1. The number of carbonyl (C=O) groups is 5. The maximum Gasteiger partial charge on any atom is 0.407 e. The third-order valence-electron chi connectivity index (χ3n) is 22.0. The Morgan fingerprint density at radius 2 is 1.35 bits per heavy atom. The molecule has 7 fully saturated rings. The number of alkyl carbamates (subject to hydrolysis) is 1. The number of fused-ring (bicyclic) bond motifs is 4. The van der Waals surface area contributed by atoms with Gasteiger partial charge < -0.3 is 87.3 Å². The summed E-state index contributed by atoms with van der Waals surface area (Å²) in [6.45, 7) is 19.7. The Bertz CT molecular complexity index is 2960. The van der Waals surface area contributed by atoms with E-state index in [1.165, 1.54) is 20.1 Å². The van der Waals surface area contributed by atoms with E-state index in [4.69, 9.17) is 61.6 Å². The summed E-state index contributed by atoms with van der Waals surface area (Å²) in [4.78, 5) is 81.4. The van der Waals surface area contributed by atoms with Crippen molar-refractivity contribution < 1.29 is 111 Å². The van der Waals surface area contributed by atoms with Crippen molar-refractivity contribution >= 4 is 30.1 Å². The Kier molecular flexibility index (Phi) is 21.4. The third kappa shape index (κ3) is 13.7. The van der Waals surface area contributed by atoms with Gasteiger partial charge >= 0.3 is 18.0 Å². The van der Waals surface area contributed by atoms with Crippen molar-refractivity contribution in [1.29, 1.82) is 0 Å². The number of aliphatic hydroxyl groups excluding tert-OH is 4. The highest BCUT2D eigenvalue weighted by atomic mass is 16.7. The second-order valence-electron chi connectivity index (χ2n) is 28.2. The van der Waals surface area contributed by atoms with E-state index in [2.05, 4.69) is 25.2 Å². The molecule has 29 unspecified atom stereocenters. The van der Waals surface area contributed by atoms with Gasteiger partial charge in [0.2, 0.25) is 11.3 Å². The van der Waals surface area contributed by atoms with E-state index in [1.54, 1.807) is 40.7 Å². The van der Waals surface area contributed by atoms with Crippen LogP contribution >= 0.6 is 0 Å². The summed E-state index contributed by atoms with van der Waals surface area (Å²) in [6.07, 6.45) is -3.59. The fourth-order valence-electron chi connectivity index (χ4n) is 17.0. The van der Waals surface area contributed by atoms with Crippen molar-refractivity contribution in [2.75, 3.05) is 14.2 Å². The quantitative estimate of drug-likeness (QED) is 0.0245. The van der Waals surface area contributed by atoms with Crippen LogP contribution in [0.4, 0.5) is 4.79 Å². The standard InChI is InChI=1S/C67H96N2O24/c1-30-14-18-46(88-53-28-65(10,69(79)80)59(38(9)87-53)68-64(78)82-13)31(2)23-42-44(72)24-39(29-70)27-67(42)61(75)55(63(77)93-67)60(74)66(11)41(30)16-15-40-56(66)32(3)22-33(4)57(40)92-52-26-48(54(36(7)85-52)62(76)81-12)90-49-21-19-47(35(6)84-49)89-51-25-45(73)58(37(8)86-51)91-50-20-17-43(71)34(5)83-50/h14-16,23-24,29,32-38,40-54,56-59,71-74H,17-22,25-28H2,1-13H3,(H,68,78)/b30-14+,31-23+,60-55+. The molecule has 0 radical (unpaired) electrons. The van der Waals surface area contributed by atoms with Crippen LogP contribution < -0.4 is 5.32 Å². The van der Waals surface area contributed by atoms with Gasteiger partial charge in [0.15, 0.2) is 37.1 Å². The first-order chi connectivity index (χ1) is 44.0. The molecule has 93 heavy (non-hydrogen) atoms. The predicted molar refractivity (Wildman–Crippen MR) is 325 cm³/mol. The van der Waals surface area contributed by atoms with Gasteiger partial charge in [-0.3, -0.25) is 24.5 Å². The number of ether oxygens (including phenoxy) is 13. The maximum atomic E-state index is 15.6. The number of amides is 1. The second kappa shape index (κ2) is 28.2. The number of aldehydes is 1. The van der Waals surface area contributed by atoms with Gasteiger partial charge in [-0.05, 0) is 109 Å². The Morgan fingerprint density at radius 1 is 0.710 bits per heavy atom. The number of methoxy groups -OCH3 is 2. The molecule has 1 saturated carbocycles. The Labute approximate surface area is 542 Å². The van der Waals surface area contributed by atoms with Gasteiger partial charge in [0.05, 0.1) is 99.8 Å². The zero-order valence-corrected chi connectivity index (χ0v) is 55.4. The van der Waals surface area contributed by atoms with Crippen LogP contribution in [0, 0.1) is 57.0 Å². The topological polar surface area (TPSA) is 341 Å². The van der Waals surface area contributed by atoms with Gasteiger partial charge in [0.25, 0.3) is 0 Å². The van der Waals surface area contributed by atoms with Crippen LogP contribution in [0.2, 0.25) is 0 Å². The molecule has 0 aromatic carbocycles. The first-order valence-electron chi connectivity index (χ1n) is 33.0. The molecule has 10 rings (SSSR count). The first kappa shape index (κ1) is 70.7. The lowest BCUT2D eigenvalue weighted by molar-refractivity contribution is -0.584. The molecule has 6 saturated heterocycles. The zero-order chi connectivity index (χ0) is 67.5. The van der Waals surface area contributed by atoms with Crippen molar-refractivity contribution in [2.45, 2.75) is 268 Å². The normalized spacial score (nSPS) is 48.2. The van der Waals surface area contributed by atoms with Gasteiger partial charge in [-0.1, -0.05) is 50.6 Å². The number of rotatable bonds is 14. The smallest absolute Gasteiger partial charge is 0.407 e. The predicted octanol–water partition coefficient (Wildman–Crippen LogP) is 6.22. The highest BCUT2D eigenvalue weighted by Crippen LogP contribution is 2.61. The number of carbonyl (C=O) groups excluding carboxylic acids is 5. The highest BCUT2D eigenvalue weighted by molar-refractivity contribution is 6.26. The molecule has 0 aromatic heterocycles. The van der Waals surface area contributed by atoms with Crippen molar-refractivity contribution in [3.8, 4) is 0 Å². The molecule has 29 atom stereocenters. The molecule has 10 aliphatic rings. The number of hydrogen-bond acceptors (Lipinski definition) is 24. The summed E-state index contributed by atoms with van der Waals surface area (Å²) in [7, 11) is 2.45. The molecule has 5 N–H and O–H groups in total. The third-order valence-corrected chi connectivity index (χ3v) is 22.0. The minimum Gasteiger partial charge on any atom is -0.511 e. The molecule has 1 amide bonds. The van der Waals surface area contributed by atoms with Gasteiger partial charge in [-0.25, -0.2) is 9.59 Å². The first-order valence-corrected chi connectivity index (χ1v) is 33.0. The molecule has 26 nitrogen and oxygen atoms in total. The van der Waals surface area contributed by atoms with Crippen LogP contribution in [0.5, 0.6) is 0 Å². The number of Topliss-reactive ketones (excluding diaryl/α,β-unsaturated/α-hetero) is 1. The van der Waals surface area contributed by atoms with E-state index in [0.29, 0.717) is 49.5 Å². The van der Waals surface area contributed by atoms with Crippen LogP contribution in [0.15, 0.2) is 58.4 Å². The van der Waals surface area contributed by atoms with Gasteiger partial charge in [-0.15, -0.1) is 0 Å². The number of aliphatic hydroxyl groups is 4. The monoisotopic (exact) mass is 1310 g/mol. The summed E-state index contributed by atoms with van der Waals surface area (Å²) in [6, 6.07) is -1.12. The molecular weight excluding hydrogens is 1220 g/mol. The molecule has 6 heterocycles. The fourth-order valence-corrected chi connectivity index (χ4v) is 17.0. The molecule has 0 aromatic rings. The Hall–Kier alpha value is -5.07. The number of allylic oxidation sites excluding steroid dienone is 3. The Balaban J connectivity index is 0.906. The highest BCUT2D eigenvalue weighted by Gasteiger charge is 2.65. The van der Waals surface area contributed by atoms with Crippen molar-refractivity contribution in [3.05, 3.63) is 68.5 Å². The van der Waals surface area contributed by atoms with E-state index in [9.17, 15) is 49.7 Å². The summed E-state index contributed by atoms with van der Waals surface area (Å²) in [5.41, 5.74) is -4.93. The van der Waals surface area contributed by atoms with E-state index >= 15 is 4.79 Å². The minimum absolute atomic E-state index is 0.00313. The summed E-state index contributed by atoms with van der Waals surface area (Å²) in [5.74, 6) is -7.38. The van der Waals surface area contributed by atoms with E-state index in [0.717, 1.165) is 7.11 Å². The lowest BCUT2D eigenvalue weighted by atomic mass is 9.49. The molecule has 518 valence electrons. The summed E-state index contributed by atoms with van der Waals surface area (Å²) in [5, 5.41) is 62.0. The summed E-state index contributed by atoms with van der Waals surface area (Å²) >= 11 is 0. The molecule has 4 aliphatic carbocycles. The summed E-state index contributed by atoms with van der Waals surface area (Å²) < 4.78 is 80.9. The Morgan fingerprint density at radius 3 is 2.02 bits per heavy atom. The van der Waals surface area contributed by atoms with Crippen molar-refractivity contribution in [3.63, 3.8) is 0 Å². The lowest BCUT2D eigenvalue weighted by Crippen LogP contribution is -2.65. The molecule has 26 heteroatoms. The molecular formula is C67H96N2O24. The van der Waals surface area contributed by atoms with Gasteiger partial charge in [0.1, 0.15) is 35.7 Å². The number of nitro groups is 1. The number of nitrogens with one attached hydrogen (secondary N) is 1. The fraction of sp³-hybridized carbons (Fsp3) is 0.776. The minimum atomic E-state index is -2.20. The van der Waals surface area contributed by atoms with Gasteiger partial charge in [-0.2, -0.15) is 0 Å².